The number of rotatable bonds is 6. The zero-order chi connectivity index (χ0) is 14.5. The van der Waals surface area contributed by atoms with Gasteiger partial charge in [0.2, 0.25) is 0 Å². The largest absolute Gasteiger partial charge is 0.421 e. The van der Waals surface area contributed by atoms with Gasteiger partial charge in [-0.05, 0) is 19.4 Å². The van der Waals surface area contributed by atoms with E-state index in [1.54, 1.807) is 23.3 Å². The molecule has 2 heterocycles. The summed E-state index contributed by atoms with van der Waals surface area (Å²) in [5.74, 6) is 1.27. The lowest BCUT2D eigenvalue weighted by atomic mass is 10.2. The van der Waals surface area contributed by atoms with Crippen molar-refractivity contribution in [2.75, 3.05) is 6.54 Å². The molecule has 0 aromatic carbocycles. The van der Waals surface area contributed by atoms with Crippen LogP contribution in [0.1, 0.15) is 25.1 Å². The summed E-state index contributed by atoms with van der Waals surface area (Å²) in [6, 6.07) is 0.350. The molecule has 0 atom stereocenters. The minimum absolute atomic E-state index is 0.350. The van der Waals surface area contributed by atoms with E-state index < -0.39 is 0 Å². The minimum Gasteiger partial charge on any atom is -0.421 e. The summed E-state index contributed by atoms with van der Waals surface area (Å²) in [7, 11) is 1.84. The van der Waals surface area contributed by atoms with Crippen molar-refractivity contribution in [1.82, 2.24) is 25.1 Å². The number of hydrogen-bond acceptors (Lipinski definition) is 5. The molecule has 0 aliphatic rings. The van der Waals surface area contributed by atoms with Gasteiger partial charge in [0.15, 0.2) is 5.75 Å². The van der Waals surface area contributed by atoms with Crippen molar-refractivity contribution >= 4 is 0 Å². The van der Waals surface area contributed by atoms with Gasteiger partial charge >= 0.3 is 6.01 Å². The molecular formula is C14H21N5O. The predicted molar refractivity (Wildman–Crippen MR) is 76.6 cm³/mol. The second-order valence-electron chi connectivity index (χ2n) is 5.24. The van der Waals surface area contributed by atoms with E-state index in [1.165, 1.54) is 0 Å². The molecule has 20 heavy (non-hydrogen) atoms. The van der Waals surface area contributed by atoms with Crippen LogP contribution in [0, 0.1) is 12.8 Å². The molecule has 0 unspecified atom stereocenters. The monoisotopic (exact) mass is 275 g/mol. The van der Waals surface area contributed by atoms with Crippen LogP contribution < -0.4 is 10.1 Å². The number of ether oxygens (including phenoxy) is 1. The maximum Gasteiger partial charge on any atom is 0.322 e. The van der Waals surface area contributed by atoms with Crippen LogP contribution in [0.2, 0.25) is 0 Å². The fourth-order valence-corrected chi connectivity index (χ4v) is 1.75. The number of aromatic nitrogens is 4. The first kappa shape index (κ1) is 14.5. The highest BCUT2D eigenvalue weighted by Crippen LogP contribution is 2.17. The third-order valence-corrected chi connectivity index (χ3v) is 2.82. The topological polar surface area (TPSA) is 64.9 Å². The van der Waals surface area contributed by atoms with Gasteiger partial charge in [0, 0.05) is 31.0 Å². The molecule has 6 heteroatoms. The first-order chi connectivity index (χ1) is 9.54. The lowest BCUT2D eigenvalue weighted by Gasteiger charge is -2.09. The molecule has 2 aromatic heterocycles. The van der Waals surface area contributed by atoms with Crippen molar-refractivity contribution in [3.8, 4) is 11.8 Å². The molecular weight excluding hydrogens is 254 g/mol. The van der Waals surface area contributed by atoms with Crippen molar-refractivity contribution < 1.29 is 4.74 Å². The van der Waals surface area contributed by atoms with Crippen LogP contribution in [0.5, 0.6) is 11.8 Å². The molecule has 0 saturated carbocycles. The molecule has 0 radical (unpaired) electrons. The molecule has 0 aliphatic carbocycles. The molecule has 2 aromatic rings. The Morgan fingerprint density at radius 1 is 1.35 bits per heavy atom. The van der Waals surface area contributed by atoms with E-state index in [4.69, 9.17) is 4.74 Å². The maximum absolute atomic E-state index is 5.55. The SMILES string of the molecule is Cc1nc(Oc2cnn(C)c2)ncc1CNCC(C)C. The third kappa shape index (κ3) is 4.03. The Balaban J connectivity index is 1.98. The van der Waals surface area contributed by atoms with E-state index in [9.17, 15) is 0 Å². The summed E-state index contributed by atoms with van der Waals surface area (Å²) in [6.07, 6.45) is 5.22. The van der Waals surface area contributed by atoms with Gasteiger partial charge in [0.1, 0.15) is 0 Å². The van der Waals surface area contributed by atoms with E-state index in [0.717, 1.165) is 24.3 Å². The Kier molecular flexibility index (Phi) is 4.68. The van der Waals surface area contributed by atoms with Crippen LogP contribution in [0.3, 0.4) is 0 Å². The number of aryl methyl sites for hydroxylation is 2. The Hall–Kier alpha value is -1.95. The summed E-state index contributed by atoms with van der Waals surface area (Å²) in [5.41, 5.74) is 2.01. The molecule has 0 saturated heterocycles. The molecule has 1 N–H and O–H groups in total. The zero-order valence-electron chi connectivity index (χ0n) is 12.4. The van der Waals surface area contributed by atoms with Gasteiger partial charge in [-0.2, -0.15) is 10.1 Å². The van der Waals surface area contributed by atoms with Crippen molar-refractivity contribution in [3.05, 3.63) is 29.8 Å². The van der Waals surface area contributed by atoms with Crippen LogP contribution in [-0.4, -0.2) is 26.3 Å². The molecule has 0 aliphatic heterocycles. The van der Waals surface area contributed by atoms with Crippen LogP contribution in [0.4, 0.5) is 0 Å². The van der Waals surface area contributed by atoms with E-state index in [0.29, 0.717) is 17.7 Å². The number of nitrogens with zero attached hydrogens (tertiary/aromatic N) is 4. The van der Waals surface area contributed by atoms with E-state index in [1.807, 2.05) is 14.0 Å². The van der Waals surface area contributed by atoms with E-state index >= 15 is 0 Å². The number of nitrogens with one attached hydrogen (secondary N) is 1. The zero-order valence-corrected chi connectivity index (χ0v) is 12.4. The third-order valence-electron chi connectivity index (χ3n) is 2.82. The predicted octanol–water partition coefficient (Wildman–Crippen LogP) is 2.06. The van der Waals surface area contributed by atoms with Crippen LogP contribution in [-0.2, 0) is 13.6 Å². The Labute approximate surface area is 119 Å². The fourth-order valence-electron chi connectivity index (χ4n) is 1.75. The van der Waals surface area contributed by atoms with Crippen molar-refractivity contribution in [2.45, 2.75) is 27.3 Å². The standard InChI is InChI=1S/C14H21N5O/c1-10(2)5-15-6-12-7-16-14(18-11(12)3)20-13-8-17-19(4)9-13/h7-10,15H,5-6H2,1-4H3. The molecule has 0 amide bonds. The van der Waals surface area contributed by atoms with E-state index in [-0.39, 0.29) is 0 Å². The Morgan fingerprint density at radius 2 is 2.15 bits per heavy atom. The molecule has 2 rings (SSSR count). The average molecular weight is 275 g/mol. The summed E-state index contributed by atoms with van der Waals surface area (Å²) in [5, 5.41) is 7.42. The van der Waals surface area contributed by atoms with Gasteiger partial charge in [-0.25, -0.2) is 4.98 Å². The van der Waals surface area contributed by atoms with Gasteiger partial charge in [0.25, 0.3) is 0 Å². The lowest BCUT2D eigenvalue weighted by Crippen LogP contribution is -2.19. The summed E-state index contributed by atoms with van der Waals surface area (Å²) in [4.78, 5) is 8.60. The molecule has 0 spiro atoms. The van der Waals surface area contributed by atoms with Crippen LogP contribution in [0.15, 0.2) is 18.6 Å². The molecule has 0 fully saturated rings. The summed E-state index contributed by atoms with van der Waals surface area (Å²) in [6.45, 7) is 8.08. The molecule has 108 valence electrons. The van der Waals surface area contributed by atoms with Gasteiger partial charge in [-0.15, -0.1) is 0 Å². The Morgan fingerprint density at radius 3 is 2.75 bits per heavy atom. The smallest absolute Gasteiger partial charge is 0.322 e. The van der Waals surface area contributed by atoms with Crippen molar-refractivity contribution in [2.24, 2.45) is 13.0 Å². The number of hydrogen-bond donors (Lipinski definition) is 1. The van der Waals surface area contributed by atoms with Gasteiger partial charge in [0.05, 0.1) is 12.4 Å². The first-order valence-corrected chi connectivity index (χ1v) is 6.74. The van der Waals surface area contributed by atoms with Crippen molar-refractivity contribution in [3.63, 3.8) is 0 Å². The van der Waals surface area contributed by atoms with Crippen LogP contribution >= 0.6 is 0 Å². The summed E-state index contributed by atoms with van der Waals surface area (Å²) >= 11 is 0. The highest BCUT2D eigenvalue weighted by Gasteiger charge is 2.06. The Bertz CT molecular complexity index is 564. The van der Waals surface area contributed by atoms with Gasteiger partial charge < -0.3 is 10.1 Å². The summed E-state index contributed by atoms with van der Waals surface area (Å²) < 4.78 is 7.22. The highest BCUT2D eigenvalue weighted by molar-refractivity contribution is 5.21. The maximum atomic E-state index is 5.55. The van der Waals surface area contributed by atoms with Crippen molar-refractivity contribution in [1.29, 1.82) is 0 Å². The first-order valence-electron chi connectivity index (χ1n) is 6.74. The van der Waals surface area contributed by atoms with Gasteiger partial charge in [-0.3, -0.25) is 4.68 Å². The quantitative estimate of drug-likeness (QED) is 0.874. The molecule has 6 nitrogen and oxygen atoms in total. The second kappa shape index (κ2) is 6.47. The highest BCUT2D eigenvalue weighted by atomic mass is 16.5. The van der Waals surface area contributed by atoms with Crippen LogP contribution in [0.25, 0.3) is 0 Å². The van der Waals surface area contributed by atoms with Gasteiger partial charge in [-0.1, -0.05) is 13.8 Å². The molecule has 0 bridgehead atoms. The minimum atomic E-state index is 0.350. The van der Waals surface area contributed by atoms with E-state index in [2.05, 4.69) is 34.2 Å². The average Bonchev–Trinajstić information content (AvgIpc) is 2.77. The normalized spacial score (nSPS) is 11.1. The second-order valence-corrected chi connectivity index (χ2v) is 5.24. The lowest BCUT2D eigenvalue weighted by molar-refractivity contribution is 0.438. The fraction of sp³-hybridized carbons (Fsp3) is 0.500.